The Bertz CT molecular complexity index is 1570. The second-order valence-corrected chi connectivity index (χ2v) is 9.57. The average Bonchev–Trinajstić information content (AvgIpc) is 3.42. The lowest BCUT2D eigenvalue weighted by atomic mass is 9.95. The third-order valence-electron chi connectivity index (χ3n) is 5.91. The first kappa shape index (κ1) is 24.7. The van der Waals surface area contributed by atoms with Gasteiger partial charge in [0, 0.05) is 10.6 Å². The molecule has 2 heterocycles. The van der Waals surface area contributed by atoms with Crippen LogP contribution >= 0.6 is 22.9 Å². The van der Waals surface area contributed by atoms with Gasteiger partial charge in [0.2, 0.25) is 0 Å². The highest BCUT2D eigenvalue weighted by Crippen LogP contribution is 2.46. The number of halogens is 2. The molecule has 5 rings (SSSR count). The molecule has 37 heavy (non-hydrogen) atoms. The first-order valence-electron chi connectivity index (χ1n) is 11.3. The van der Waals surface area contributed by atoms with Gasteiger partial charge >= 0.3 is 5.91 Å². The van der Waals surface area contributed by atoms with Crippen molar-refractivity contribution in [2.24, 2.45) is 0 Å². The molecule has 0 aliphatic carbocycles. The van der Waals surface area contributed by atoms with E-state index in [9.17, 15) is 19.1 Å². The number of benzene rings is 3. The Hall–Kier alpha value is -3.95. The molecule has 10 heteroatoms. The zero-order valence-electron chi connectivity index (χ0n) is 19.7. The number of fused-ring (bicyclic) bond motifs is 1. The van der Waals surface area contributed by atoms with Crippen LogP contribution in [0.25, 0.3) is 16.0 Å². The second kappa shape index (κ2) is 9.84. The molecule has 1 aromatic heterocycles. The summed E-state index contributed by atoms with van der Waals surface area (Å²) < 4.78 is 25.5. The number of aliphatic hydroxyl groups is 1. The molecule has 0 spiro atoms. The molecule has 4 aromatic rings. The minimum absolute atomic E-state index is 0.121. The van der Waals surface area contributed by atoms with Gasteiger partial charge in [0.25, 0.3) is 5.78 Å². The summed E-state index contributed by atoms with van der Waals surface area (Å²) in [4.78, 5) is 32.5. The third-order valence-corrected chi connectivity index (χ3v) is 7.18. The number of anilines is 1. The number of amides is 1. The number of hydrogen-bond donors (Lipinski definition) is 1. The predicted octanol–water partition coefficient (Wildman–Crippen LogP) is 6.12. The van der Waals surface area contributed by atoms with Gasteiger partial charge < -0.3 is 14.6 Å². The Labute approximate surface area is 220 Å². The van der Waals surface area contributed by atoms with E-state index in [1.54, 1.807) is 42.5 Å². The fraction of sp³-hybridized carbons (Fsp3) is 0.148. The number of thiazole rings is 1. The van der Waals surface area contributed by atoms with E-state index < -0.39 is 23.5 Å². The molecule has 0 saturated carbocycles. The Morgan fingerprint density at radius 3 is 2.57 bits per heavy atom. The Balaban J connectivity index is 1.73. The topological polar surface area (TPSA) is 89.0 Å². The van der Waals surface area contributed by atoms with Crippen LogP contribution in [0.1, 0.15) is 24.1 Å². The van der Waals surface area contributed by atoms with Crippen LogP contribution in [-0.2, 0) is 9.59 Å². The molecule has 1 amide bonds. The summed E-state index contributed by atoms with van der Waals surface area (Å²) >= 11 is 7.06. The van der Waals surface area contributed by atoms with E-state index in [1.807, 2.05) is 6.92 Å². The van der Waals surface area contributed by atoms with Crippen LogP contribution in [0, 0.1) is 5.82 Å². The van der Waals surface area contributed by atoms with E-state index in [1.165, 1.54) is 30.2 Å². The van der Waals surface area contributed by atoms with E-state index in [0.29, 0.717) is 44.5 Å². The molecule has 0 bridgehead atoms. The quantitative estimate of drug-likeness (QED) is 0.181. The summed E-state index contributed by atoms with van der Waals surface area (Å²) in [7, 11) is 1.48. The minimum atomic E-state index is -1.04. The normalized spacial score (nSPS) is 17.0. The first-order valence-corrected chi connectivity index (χ1v) is 12.5. The zero-order valence-corrected chi connectivity index (χ0v) is 21.3. The number of carbonyl (C=O) groups excluding carboxylic acids is 2. The van der Waals surface area contributed by atoms with Gasteiger partial charge in [0.15, 0.2) is 16.6 Å². The number of carbonyl (C=O) groups is 2. The Kier molecular flexibility index (Phi) is 6.57. The molecule has 0 radical (unpaired) electrons. The number of nitrogens with zero attached hydrogens (tertiary/aromatic N) is 2. The van der Waals surface area contributed by atoms with E-state index in [-0.39, 0.29) is 16.5 Å². The minimum Gasteiger partial charge on any atom is -0.507 e. The van der Waals surface area contributed by atoms with Gasteiger partial charge in [0.05, 0.1) is 35.5 Å². The van der Waals surface area contributed by atoms with Crippen LogP contribution in [0.5, 0.6) is 11.5 Å². The highest BCUT2D eigenvalue weighted by atomic mass is 35.5. The molecule has 1 unspecified atom stereocenters. The number of rotatable bonds is 6. The molecular formula is C27H20ClFN2O5S. The Morgan fingerprint density at radius 1 is 1.11 bits per heavy atom. The number of ketones is 1. The van der Waals surface area contributed by atoms with Crippen molar-refractivity contribution in [3.05, 3.63) is 88.2 Å². The van der Waals surface area contributed by atoms with Crippen molar-refractivity contribution in [2.75, 3.05) is 18.6 Å². The third kappa shape index (κ3) is 4.41. The fourth-order valence-corrected chi connectivity index (χ4v) is 5.37. The van der Waals surface area contributed by atoms with E-state index in [2.05, 4.69) is 4.98 Å². The van der Waals surface area contributed by atoms with Crippen LogP contribution in [-0.4, -0.2) is 35.5 Å². The van der Waals surface area contributed by atoms with Gasteiger partial charge in [0.1, 0.15) is 11.6 Å². The van der Waals surface area contributed by atoms with Crippen molar-refractivity contribution in [1.82, 2.24) is 4.98 Å². The molecule has 1 saturated heterocycles. The van der Waals surface area contributed by atoms with E-state index in [4.69, 9.17) is 21.1 Å². The van der Waals surface area contributed by atoms with Gasteiger partial charge in [-0.3, -0.25) is 14.5 Å². The van der Waals surface area contributed by atoms with Gasteiger partial charge in [-0.05, 0) is 67.1 Å². The monoisotopic (exact) mass is 538 g/mol. The largest absolute Gasteiger partial charge is 0.507 e. The lowest BCUT2D eigenvalue weighted by Gasteiger charge is -2.24. The summed E-state index contributed by atoms with van der Waals surface area (Å²) in [5, 5.41) is 11.9. The number of aromatic nitrogens is 1. The van der Waals surface area contributed by atoms with Crippen LogP contribution in [0.15, 0.2) is 66.2 Å². The number of aliphatic hydroxyl groups excluding tert-OH is 1. The lowest BCUT2D eigenvalue weighted by Crippen LogP contribution is -2.29. The average molecular weight is 539 g/mol. The van der Waals surface area contributed by atoms with Crippen LogP contribution < -0.4 is 14.4 Å². The number of Topliss-reactive ketones (excluding diaryl/α,β-unsaturated/α-hetero) is 1. The number of ether oxygens (including phenoxy) is 2. The van der Waals surface area contributed by atoms with Crippen molar-refractivity contribution in [3.63, 3.8) is 0 Å². The highest BCUT2D eigenvalue weighted by Gasteiger charge is 2.48. The first-order chi connectivity index (χ1) is 17.8. The van der Waals surface area contributed by atoms with E-state index >= 15 is 0 Å². The molecule has 7 nitrogen and oxygen atoms in total. The zero-order chi connectivity index (χ0) is 26.3. The summed E-state index contributed by atoms with van der Waals surface area (Å²) in [6.45, 7) is 2.25. The van der Waals surface area contributed by atoms with Crippen LogP contribution in [0.2, 0.25) is 5.02 Å². The predicted molar refractivity (Wildman–Crippen MR) is 140 cm³/mol. The van der Waals surface area contributed by atoms with Gasteiger partial charge in [-0.15, -0.1) is 0 Å². The molecule has 188 valence electrons. The van der Waals surface area contributed by atoms with Crippen LogP contribution in [0.4, 0.5) is 9.52 Å². The van der Waals surface area contributed by atoms with Crippen LogP contribution in [0.3, 0.4) is 0 Å². The SMILES string of the molecule is CCOc1ccc(C2/C(=C(\O)c3ccc(Cl)cc3)C(=O)C(=O)N2c2nc3ccc(F)cc3s2)cc1OC. The fourth-order valence-electron chi connectivity index (χ4n) is 4.23. The van der Waals surface area contributed by atoms with Crippen molar-refractivity contribution in [3.8, 4) is 11.5 Å². The van der Waals surface area contributed by atoms with Gasteiger partial charge in [-0.25, -0.2) is 9.37 Å². The second-order valence-electron chi connectivity index (χ2n) is 8.13. The molecule has 1 fully saturated rings. The molecule has 1 aliphatic heterocycles. The smallest absolute Gasteiger partial charge is 0.301 e. The number of methoxy groups -OCH3 is 1. The number of hydrogen-bond acceptors (Lipinski definition) is 7. The summed E-state index contributed by atoms with van der Waals surface area (Å²) in [5.74, 6) is -1.67. The van der Waals surface area contributed by atoms with Crippen molar-refractivity contribution >= 4 is 55.7 Å². The van der Waals surface area contributed by atoms with Crippen molar-refractivity contribution in [1.29, 1.82) is 0 Å². The molecular weight excluding hydrogens is 519 g/mol. The maximum Gasteiger partial charge on any atom is 0.301 e. The lowest BCUT2D eigenvalue weighted by molar-refractivity contribution is -0.132. The summed E-state index contributed by atoms with van der Waals surface area (Å²) in [6, 6.07) is 14.3. The molecule has 1 atom stereocenters. The molecule has 1 N–H and O–H groups in total. The maximum atomic E-state index is 13.8. The van der Waals surface area contributed by atoms with Crippen molar-refractivity contribution < 1.29 is 28.6 Å². The maximum absolute atomic E-state index is 13.8. The Morgan fingerprint density at radius 2 is 1.86 bits per heavy atom. The summed E-state index contributed by atoms with van der Waals surface area (Å²) in [6.07, 6.45) is 0. The molecule has 1 aliphatic rings. The van der Waals surface area contributed by atoms with E-state index in [0.717, 1.165) is 11.3 Å². The van der Waals surface area contributed by atoms with Crippen molar-refractivity contribution in [2.45, 2.75) is 13.0 Å². The summed E-state index contributed by atoms with van der Waals surface area (Å²) in [5.41, 5.74) is 1.16. The van der Waals surface area contributed by atoms with Gasteiger partial charge in [-0.1, -0.05) is 29.0 Å². The highest BCUT2D eigenvalue weighted by molar-refractivity contribution is 7.22. The standard InChI is InChI=1S/C27H20ClFN2O5S/c1-3-36-19-11-6-15(12-20(19)35-2)23-22(24(32)14-4-7-16(28)8-5-14)25(33)26(34)31(23)27-30-18-10-9-17(29)13-21(18)37-27/h4-13,23,32H,3H2,1-2H3/b24-22+. The molecule has 3 aromatic carbocycles. The van der Waals surface area contributed by atoms with Gasteiger partial charge in [-0.2, -0.15) is 0 Å².